The Labute approximate surface area is 109 Å². The molecule has 96 valence electrons. The molecule has 0 radical (unpaired) electrons. The highest BCUT2D eigenvalue weighted by molar-refractivity contribution is 6.32. The molecular weight excluding hydrogens is 256 g/mol. The minimum absolute atomic E-state index is 0.0559. The summed E-state index contributed by atoms with van der Waals surface area (Å²) in [4.78, 5) is 18.4. The van der Waals surface area contributed by atoms with Gasteiger partial charge in [0.05, 0.1) is 0 Å². The van der Waals surface area contributed by atoms with Gasteiger partial charge in [0.15, 0.2) is 11.0 Å². The first-order valence-corrected chi connectivity index (χ1v) is 5.88. The summed E-state index contributed by atoms with van der Waals surface area (Å²) in [6, 6.07) is 0.0559. The Morgan fingerprint density at radius 1 is 1.50 bits per heavy atom. The summed E-state index contributed by atoms with van der Waals surface area (Å²) in [6.07, 6.45) is 6.53. The average molecular weight is 269 g/mol. The topological polar surface area (TPSA) is 87.1 Å². The van der Waals surface area contributed by atoms with Crippen LogP contribution in [0.2, 0.25) is 5.15 Å². The van der Waals surface area contributed by atoms with Crippen LogP contribution < -0.4 is 10.6 Å². The highest BCUT2D eigenvalue weighted by Gasteiger charge is 2.20. The summed E-state index contributed by atoms with van der Waals surface area (Å²) in [6.45, 7) is 0.124. The second-order valence-corrected chi connectivity index (χ2v) is 4.32. The van der Waals surface area contributed by atoms with Gasteiger partial charge in [0.2, 0.25) is 6.41 Å². The molecule has 6 nitrogen and oxygen atoms in total. The maximum atomic E-state index is 10.5. The molecule has 2 atom stereocenters. The van der Waals surface area contributed by atoms with Crippen LogP contribution in [-0.4, -0.2) is 34.1 Å². The average Bonchev–Trinajstić information content (AvgIpc) is 2.81. The van der Waals surface area contributed by atoms with Gasteiger partial charge in [0, 0.05) is 18.6 Å². The Hall–Kier alpha value is -1.66. The standard InChI is InChI=1S/C11H13ClN4O2/c12-10-9(15-6-18)11(14-5-13-10)16-8-2-1-7(3-8)4-17/h1-2,5-8,17H,3-4H2,(H,15,18)(H,13,14,16)/t7-,8+/m0/s1. The minimum Gasteiger partial charge on any atom is -0.396 e. The Kier molecular flexibility index (Phi) is 4.11. The first-order chi connectivity index (χ1) is 8.74. The van der Waals surface area contributed by atoms with Crippen molar-refractivity contribution >= 4 is 29.5 Å². The van der Waals surface area contributed by atoms with Crippen LogP contribution in [0.4, 0.5) is 11.5 Å². The molecule has 0 fully saturated rings. The maximum absolute atomic E-state index is 10.5. The molecule has 0 spiro atoms. The van der Waals surface area contributed by atoms with Gasteiger partial charge in [-0.2, -0.15) is 0 Å². The number of nitrogens with one attached hydrogen (secondary N) is 2. The predicted molar refractivity (Wildman–Crippen MR) is 68.5 cm³/mol. The number of anilines is 2. The van der Waals surface area contributed by atoms with Gasteiger partial charge in [0.1, 0.15) is 12.0 Å². The highest BCUT2D eigenvalue weighted by Crippen LogP contribution is 2.28. The predicted octanol–water partition coefficient (Wildman–Crippen LogP) is 1.05. The zero-order chi connectivity index (χ0) is 13.0. The fourth-order valence-electron chi connectivity index (χ4n) is 1.85. The molecule has 2 rings (SSSR count). The van der Waals surface area contributed by atoms with Crippen LogP contribution in [-0.2, 0) is 4.79 Å². The highest BCUT2D eigenvalue weighted by atomic mass is 35.5. The van der Waals surface area contributed by atoms with Crippen molar-refractivity contribution in [1.82, 2.24) is 9.97 Å². The molecule has 3 N–H and O–H groups in total. The first kappa shape index (κ1) is 12.8. The van der Waals surface area contributed by atoms with E-state index in [-0.39, 0.29) is 23.7 Å². The molecule has 0 saturated heterocycles. The van der Waals surface area contributed by atoms with E-state index in [4.69, 9.17) is 16.7 Å². The van der Waals surface area contributed by atoms with Crippen molar-refractivity contribution in [2.75, 3.05) is 17.2 Å². The van der Waals surface area contributed by atoms with E-state index >= 15 is 0 Å². The van der Waals surface area contributed by atoms with Crippen LogP contribution in [0.15, 0.2) is 18.5 Å². The lowest BCUT2D eigenvalue weighted by Gasteiger charge is -2.15. The van der Waals surface area contributed by atoms with E-state index in [0.29, 0.717) is 17.9 Å². The molecule has 1 amide bonds. The summed E-state index contributed by atoms with van der Waals surface area (Å²) in [5, 5.41) is 14.8. The van der Waals surface area contributed by atoms with Gasteiger partial charge >= 0.3 is 0 Å². The van der Waals surface area contributed by atoms with Crippen LogP contribution in [0, 0.1) is 5.92 Å². The molecule has 1 aromatic heterocycles. The van der Waals surface area contributed by atoms with Gasteiger partial charge < -0.3 is 15.7 Å². The number of hydrogen-bond acceptors (Lipinski definition) is 5. The number of carbonyl (C=O) groups is 1. The molecule has 0 aliphatic heterocycles. The summed E-state index contributed by atoms with van der Waals surface area (Å²) in [7, 11) is 0. The summed E-state index contributed by atoms with van der Waals surface area (Å²) in [5.41, 5.74) is 0.356. The van der Waals surface area contributed by atoms with Gasteiger partial charge in [-0.05, 0) is 6.42 Å². The fourth-order valence-corrected chi connectivity index (χ4v) is 2.04. The SMILES string of the molecule is O=CNc1c(Cl)ncnc1N[C@@H]1C=C[C@H](CO)C1. The van der Waals surface area contributed by atoms with E-state index in [1.54, 1.807) is 0 Å². The molecule has 1 aliphatic rings. The van der Waals surface area contributed by atoms with Crippen molar-refractivity contribution in [3.63, 3.8) is 0 Å². The van der Waals surface area contributed by atoms with Crippen molar-refractivity contribution in [2.45, 2.75) is 12.5 Å². The van der Waals surface area contributed by atoms with Crippen molar-refractivity contribution in [2.24, 2.45) is 5.92 Å². The molecule has 0 aromatic carbocycles. The number of hydrogen-bond donors (Lipinski definition) is 3. The quantitative estimate of drug-likeness (QED) is 0.422. The lowest BCUT2D eigenvalue weighted by atomic mass is 10.1. The number of carbonyl (C=O) groups excluding carboxylic acids is 1. The lowest BCUT2D eigenvalue weighted by Crippen LogP contribution is -2.18. The smallest absolute Gasteiger partial charge is 0.211 e. The van der Waals surface area contributed by atoms with E-state index in [0.717, 1.165) is 6.42 Å². The molecular formula is C11H13ClN4O2. The number of amides is 1. The third-order valence-electron chi connectivity index (χ3n) is 2.73. The molecule has 1 aromatic rings. The third kappa shape index (κ3) is 2.77. The number of nitrogens with zero attached hydrogens (tertiary/aromatic N) is 2. The largest absolute Gasteiger partial charge is 0.396 e. The normalized spacial score (nSPS) is 21.9. The molecule has 0 bridgehead atoms. The number of aliphatic hydroxyl groups excluding tert-OH is 1. The summed E-state index contributed by atoms with van der Waals surface area (Å²) in [5.74, 6) is 0.623. The van der Waals surface area contributed by atoms with Crippen LogP contribution in [0.25, 0.3) is 0 Å². The fraction of sp³-hybridized carbons (Fsp3) is 0.364. The molecule has 0 unspecified atom stereocenters. The zero-order valence-corrected chi connectivity index (χ0v) is 10.3. The molecule has 1 heterocycles. The van der Waals surface area contributed by atoms with Crippen LogP contribution in [0.5, 0.6) is 0 Å². The van der Waals surface area contributed by atoms with E-state index in [1.165, 1.54) is 6.33 Å². The van der Waals surface area contributed by atoms with Crippen molar-refractivity contribution in [1.29, 1.82) is 0 Å². The second-order valence-electron chi connectivity index (χ2n) is 3.96. The number of rotatable bonds is 5. The van der Waals surface area contributed by atoms with E-state index in [1.807, 2.05) is 12.2 Å². The Morgan fingerprint density at radius 3 is 3.00 bits per heavy atom. The van der Waals surface area contributed by atoms with Gasteiger partial charge in [-0.15, -0.1) is 0 Å². The maximum Gasteiger partial charge on any atom is 0.211 e. The van der Waals surface area contributed by atoms with Crippen LogP contribution >= 0.6 is 11.6 Å². The lowest BCUT2D eigenvalue weighted by molar-refractivity contribution is -0.105. The molecule has 1 aliphatic carbocycles. The summed E-state index contributed by atoms with van der Waals surface area (Å²) < 4.78 is 0. The van der Waals surface area contributed by atoms with Gasteiger partial charge in [-0.3, -0.25) is 4.79 Å². The van der Waals surface area contributed by atoms with Crippen molar-refractivity contribution in [3.05, 3.63) is 23.6 Å². The van der Waals surface area contributed by atoms with Gasteiger partial charge in [-0.25, -0.2) is 9.97 Å². The molecule has 7 heteroatoms. The van der Waals surface area contributed by atoms with E-state index in [9.17, 15) is 4.79 Å². The van der Waals surface area contributed by atoms with Crippen LogP contribution in [0.3, 0.4) is 0 Å². The third-order valence-corrected chi connectivity index (χ3v) is 3.02. The van der Waals surface area contributed by atoms with Crippen molar-refractivity contribution in [3.8, 4) is 0 Å². The monoisotopic (exact) mass is 268 g/mol. The Balaban J connectivity index is 2.12. The summed E-state index contributed by atoms with van der Waals surface area (Å²) >= 11 is 5.88. The number of aromatic nitrogens is 2. The van der Waals surface area contributed by atoms with E-state index < -0.39 is 0 Å². The Morgan fingerprint density at radius 2 is 2.33 bits per heavy atom. The second kappa shape index (κ2) is 5.79. The van der Waals surface area contributed by atoms with E-state index in [2.05, 4.69) is 20.6 Å². The first-order valence-electron chi connectivity index (χ1n) is 5.51. The number of halogens is 1. The van der Waals surface area contributed by atoms with Crippen molar-refractivity contribution < 1.29 is 9.90 Å². The Bertz CT molecular complexity index is 466. The molecule has 18 heavy (non-hydrogen) atoms. The van der Waals surface area contributed by atoms with Crippen LogP contribution in [0.1, 0.15) is 6.42 Å². The number of aliphatic hydroxyl groups is 1. The minimum atomic E-state index is 0.0559. The zero-order valence-electron chi connectivity index (χ0n) is 9.51. The molecule has 0 saturated carbocycles. The van der Waals surface area contributed by atoms with Gasteiger partial charge in [-0.1, -0.05) is 23.8 Å². The van der Waals surface area contributed by atoms with Gasteiger partial charge in [0.25, 0.3) is 0 Å².